The molecule has 2 heterocycles. The van der Waals surface area contributed by atoms with E-state index >= 15 is 0 Å². The van der Waals surface area contributed by atoms with Crippen LogP contribution in [0.3, 0.4) is 0 Å². The molecule has 1 aromatic rings. The zero-order chi connectivity index (χ0) is 15.7. The van der Waals surface area contributed by atoms with Gasteiger partial charge in [0.2, 0.25) is 0 Å². The van der Waals surface area contributed by atoms with Crippen LogP contribution in [0, 0.1) is 5.92 Å². The van der Waals surface area contributed by atoms with Crippen LogP contribution < -0.4 is 0 Å². The first-order valence-corrected chi connectivity index (χ1v) is 9.74. The van der Waals surface area contributed by atoms with Crippen molar-refractivity contribution in [2.75, 3.05) is 0 Å². The summed E-state index contributed by atoms with van der Waals surface area (Å²) in [4.78, 5) is 2.71. The van der Waals surface area contributed by atoms with Gasteiger partial charge in [-0.25, -0.2) is 0 Å². The first kappa shape index (κ1) is 15.7. The summed E-state index contributed by atoms with van der Waals surface area (Å²) < 4.78 is 0. The van der Waals surface area contributed by atoms with Crippen LogP contribution >= 0.6 is 0 Å². The molecular weight excluding hydrogens is 282 g/mol. The van der Waals surface area contributed by atoms with Gasteiger partial charge in [0.05, 0.1) is 5.60 Å². The van der Waals surface area contributed by atoms with Gasteiger partial charge in [0.15, 0.2) is 0 Å². The fraction of sp³-hybridized carbons (Fsp3) is 0.714. The van der Waals surface area contributed by atoms with Crippen LogP contribution in [0.2, 0.25) is 0 Å². The first-order valence-electron chi connectivity index (χ1n) is 9.74. The molecule has 23 heavy (non-hydrogen) atoms. The Kier molecular flexibility index (Phi) is 4.47. The van der Waals surface area contributed by atoms with Gasteiger partial charge < -0.3 is 5.11 Å². The molecule has 2 atom stereocenters. The van der Waals surface area contributed by atoms with E-state index in [0.29, 0.717) is 12.1 Å². The van der Waals surface area contributed by atoms with Crippen molar-refractivity contribution in [3.05, 3.63) is 35.9 Å². The maximum atomic E-state index is 11.3. The highest BCUT2D eigenvalue weighted by molar-refractivity contribution is 5.15. The Bertz CT molecular complexity index is 494. The minimum atomic E-state index is -0.377. The molecule has 2 heteroatoms. The molecule has 0 radical (unpaired) electrons. The van der Waals surface area contributed by atoms with Gasteiger partial charge in [-0.15, -0.1) is 0 Å². The van der Waals surface area contributed by atoms with Crippen molar-refractivity contribution in [3.8, 4) is 0 Å². The molecule has 0 aromatic heterocycles. The van der Waals surface area contributed by atoms with Gasteiger partial charge in [-0.1, -0.05) is 62.4 Å². The minimum absolute atomic E-state index is 0.377. The Morgan fingerprint density at radius 3 is 2.22 bits per heavy atom. The molecule has 1 saturated carbocycles. The highest BCUT2D eigenvalue weighted by Gasteiger charge is 2.46. The largest absolute Gasteiger partial charge is 0.390 e. The van der Waals surface area contributed by atoms with Crippen LogP contribution in [0.15, 0.2) is 30.3 Å². The highest BCUT2D eigenvalue weighted by atomic mass is 16.3. The molecule has 0 spiro atoms. The molecule has 3 fully saturated rings. The SMILES string of the molecule is OC1(CC2CCCC2)CC2CCCC(C1)N2Cc1ccccc1. The third kappa shape index (κ3) is 3.49. The third-order valence-electron chi connectivity index (χ3n) is 6.60. The molecule has 126 valence electrons. The van der Waals surface area contributed by atoms with E-state index in [0.717, 1.165) is 31.7 Å². The van der Waals surface area contributed by atoms with E-state index < -0.39 is 0 Å². The number of rotatable bonds is 4. The fourth-order valence-electron chi connectivity index (χ4n) is 5.59. The summed E-state index contributed by atoms with van der Waals surface area (Å²) in [6.45, 7) is 1.07. The maximum Gasteiger partial charge on any atom is 0.0680 e. The van der Waals surface area contributed by atoms with E-state index in [1.165, 1.54) is 50.5 Å². The molecule has 2 bridgehead atoms. The summed E-state index contributed by atoms with van der Waals surface area (Å²) in [6, 6.07) is 12.1. The van der Waals surface area contributed by atoms with Gasteiger partial charge in [0, 0.05) is 18.6 Å². The van der Waals surface area contributed by atoms with Crippen LogP contribution in [-0.2, 0) is 6.54 Å². The number of hydrogen-bond donors (Lipinski definition) is 1. The van der Waals surface area contributed by atoms with E-state index in [1.807, 2.05) is 0 Å². The smallest absolute Gasteiger partial charge is 0.0680 e. The zero-order valence-corrected chi connectivity index (χ0v) is 14.3. The summed E-state index contributed by atoms with van der Waals surface area (Å²) in [7, 11) is 0. The number of fused-ring (bicyclic) bond motifs is 2. The van der Waals surface area contributed by atoms with Crippen LogP contribution in [0.4, 0.5) is 0 Å². The van der Waals surface area contributed by atoms with Crippen LogP contribution in [0.1, 0.15) is 69.8 Å². The van der Waals surface area contributed by atoms with Crippen molar-refractivity contribution in [2.45, 2.75) is 88.4 Å². The lowest BCUT2D eigenvalue weighted by molar-refractivity contribution is -0.105. The Morgan fingerprint density at radius 1 is 0.913 bits per heavy atom. The monoisotopic (exact) mass is 313 g/mol. The number of piperidine rings is 2. The normalized spacial score (nSPS) is 35.5. The second kappa shape index (κ2) is 6.57. The molecule has 0 amide bonds. The molecule has 2 aliphatic heterocycles. The molecule has 2 saturated heterocycles. The van der Waals surface area contributed by atoms with Crippen molar-refractivity contribution < 1.29 is 5.11 Å². The van der Waals surface area contributed by atoms with Gasteiger partial charge in [-0.3, -0.25) is 4.90 Å². The number of nitrogens with zero attached hydrogens (tertiary/aromatic N) is 1. The highest BCUT2D eigenvalue weighted by Crippen LogP contribution is 2.44. The van der Waals surface area contributed by atoms with Gasteiger partial charge in [-0.05, 0) is 43.6 Å². The Labute approximate surface area is 140 Å². The van der Waals surface area contributed by atoms with E-state index in [1.54, 1.807) is 0 Å². The Morgan fingerprint density at radius 2 is 1.57 bits per heavy atom. The summed E-state index contributed by atoms with van der Waals surface area (Å²) >= 11 is 0. The quantitative estimate of drug-likeness (QED) is 0.883. The molecule has 2 nitrogen and oxygen atoms in total. The lowest BCUT2D eigenvalue weighted by atomic mass is 9.72. The standard InChI is InChI=1S/C21H31NO/c23-21(13-17-7-4-5-8-17)14-19-11-6-12-20(15-21)22(19)16-18-9-2-1-3-10-18/h1-3,9-10,17,19-20,23H,4-8,11-16H2. The lowest BCUT2D eigenvalue weighted by Crippen LogP contribution is -2.57. The van der Waals surface area contributed by atoms with Gasteiger partial charge >= 0.3 is 0 Å². The summed E-state index contributed by atoms with van der Waals surface area (Å²) in [6.07, 6.45) is 12.4. The molecule has 1 aliphatic carbocycles. The predicted octanol–water partition coefficient (Wildman–Crippen LogP) is 4.51. The Balaban J connectivity index is 1.45. The summed E-state index contributed by atoms with van der Waals surface area (Å²) in [5.41, 5.74) is 1.04. The third-order valence-corrected chi connectivity index (χ3v) is 6.60. The Hall–Kier alpha value is -0.860. The molecule has 4 rings (SSSR count). The lowest BCUT2D eigenvalue weighted by Gasteiger charge is -2.52. The van der Waals surface area contributed by atoms with E-state index in [4.69, 9.17) is 0 Å². The van der Waals surface area contributed by atoms with Gasteiger partial charge in [0.25, 0.3) is 0 Å². The maximum absolute atomic E-state index is 11.3. The van der Waals surface area contributed by atoms with Crippen molar-refractivity contribution in [3.63, 3.8) is 0 Å². The van der Waals surface area contributed by atoms with Gasteiger partial charge in [0.1, 0.15) is 0 Å². The van der Waals surface area contributed by atoms with E-state index in [9.17, 15) is 5.11 Å². The topological polar surface area (TPSA) is 23.5 Å². The fourth-order valence-corrected chi connectivity index (χ4v) is 5.59. The average molecular weight is 313 g/mol. The second-order valence-corrected chi connectivity index (χ2v) is 8.38. The number of hydrogen-bond acceptors (Lipinski definition) is 2. The molecule has 3 aliphatic rings. The number of benzene rings is 1. The van der Waals surface area contributed by atoms with Crippen LogP contribution in [0.25, 0.3) is 0 Å². The van der Waals surface area contributed by atoms with Crippen molar-refractivity contribution in [2.24, 2.45) is 5.92 Å². The van der Waals surface area contributed by atoms with Crippen molar-refractivity contribution in [1.29, 1.82) is 0 Å². The summed E-state index contributed by atoms with van der Waals surface area (Å²) in [5.74, 6) is 0.793. The average Bonchev–Trinajstić information content (AvgIpc) is 3.02. The second-order valence-electron chi connectivity index (χ2n) is 8.38. The van der Waals surface area contributed by atoms with Crippen molar-refractivity contribution >= 4 is 0 Å². The molecule has 2 unspecified atom stereocenters. The predicted molar refractivity (Wildman–Crippen MR) is 94.2 cm³/mol. The molecule has 1 aromatic carbocycles. The zero-order valence-electron chi connectivity index (χ0n) is 14.3. The minimum Gasteiger partial charge on any atom is -0.390 e. The summed E-state index contributed by atoms with van der Waals surface area (Å²) in [5, 5.41) is 11.3. The van der Waals surface area contributed by atoms with E-state index in [2.05, 4.69) is 35.2 Å². The van der Waals surface area contributed by atoms with Crippen LogP contribution in [0.5, 0.6) is 0 Å². The first-order chi connectivity index (χ1) is 11.2. The van der Waals surface area contributed by atoms with Crippen molar-refractivity contribution in [1.82, 2.24) is 4.90 Å². The van der Waals surface area contributed by atoms with E-state index in [-0.39, 0.29) is 5.60 Å². The van der Waals surface area contributed by atoms with Crippen LogP contribution in [-0.4, -0.2) is 27.7 Å². The molecule has 1 N–H and O–H groups in total. The number of aliphatic hydroxyl groups is 1. The van der Waals surface area contributed by atoms with Gasteiger partial charge in [-0.2, -0.15) is 0 Å². The molecular formula is C21H31NO.